The molecule has 2 aromatic carbocycles. The number of benzene rings is 2. The van der Waals surface area contributed by atoms with Crippen molar-refractivity contribution in [3.8, 4) is 0 Å². The SMILES string of the molecule is CCCCS(=O)(=O)N[C@@H](Cc1ccc(NC(=O)CCC(=O)N(C(=N)N)C(=O)OCc2ccccc2)cc1)C(=O)O. The van der Waals surface area contributed by atoms with E-state index in [-0.39, 0.29) is 25.2 Å². The second-order valence-corrected chi connectivity index (χ2v) is 10.7. The highest BCUT2D eigenvalue weighted by atomic mass is 32.2. The molecule has 1 atom stereocenters. The molecule has 13 nitrogen and oxygen atoms in total. The number of guanidine groups is 1. The van der Waals surface area contributed by atoms with Crippen LogP contribution in [0, 0.1) is 5.41 Å². The van der Waals surface area contributed by atoms with Gasteiger partial charge in [-0.2, -0.15) is 4.90 Å². The molecule has 0 saturated carbocycles. The lowest BCUT2D eigenvalue weighted by atomic mass is 10.1. The number of hydrogen-bond acceptors (Lipinski definition) is 8. The minimum Gasteiger partial charge on any atom is -0.480 e. The summed E-state index contributed by atoms with van der Waals surface area (Å²) in [6.45, 7) is 1.69. The van der Waals surface area contributed by atoms with Crippen LogP contribution in [0.1, 0.15) is 43.7 Å². The fraction of sp³-hybridized carbons (Fsp3) is 0.346. The summed E-state index contributed by atoms with van der Waals surface area (Å²) in [7, 11) is -3.75. The summed E-state index contributed by atoms with van der Waals surface area (Å²) in [5.74, 6) is -3.77. The second kappa shape index (κ2) is 15.3. The zero-order chi connectivity index (χ0) is 29.7. The predicted octanol–water partition coefficient (Wildman–Crippen LogP) is 2.18. The van der Waals surface area contributed by atoms with Crippen molar-refractivity contribution in [1.82, 2.24) is 9.62 Å². The van der Waals surface area contributed by atoms with Gasteiger partial charge in [-0.3, -0.25) is 19.8 Å². The number of amides is 3. The van der Waals surface area contributed by atoms with E-state index in [0.717, 1.165) is 0 Å². The van der Waals surface area contributed by atoms with E-state index in [4.69, 9.17) is 15.9 Å². The third kappa shape index (κ3) is 10.8. The standard InChI is InChI=1S/C26H33N5O8S/c1-2-3-15-40(37,38)30-21(24(34)35)16-18-9-11-20(12-10-18)29-22(32)13-14-23(33)31(25(27)28)26(36)39-17-19-7-5-4-6-8-19/h4-12,21,30H,2-3,13-17H2,1H3,(H3,27,28)(H,29,32)(H,34,35)/t21-/m0/s1. The van der Waals surface area contributed by atoms with Crippen molar-refractivity contribution < 1.29 is 37.4 Å². The number of carbonyl (C=O) groups excluding carboxylic acids is 3. The van der Waals surface area contributed by atoms with Crippen molar-refractivity contribution in [2.45, 2.75) is 51.7 Å². The first kappa shape index (κ1) is 31.9. The number of imide groups is 1. The van der Waals surface area contributed by atoms with Crippen LogP contribution in [0.2, 0.25) is 0 Å². The van der Waals surface area contributed by atoms with Gasteiger partial charge in [0.1, 0.15) is 12.6 Å². The van der Waals surface area contributed by atoms with Crippen LogP contribution in [0.15, 0.2) is 54.6 Å². The summed E-state index contributed by atoms with van der Waals surface area (Å²) >= 11 is 0. The summed E-state index contributed by atoms with van der Waals surface area (Å²) in [6, 6.07) is 13.4. The predicted molar refractivity (Wildman–Crippen MR) is 147 cm³/mol. The summed E-state index contributed by atoms with van der Waals surface area (Å²) in [5, 5.41) is 19.5. The van der Waals surface area contributed by atoms with Gasteiger partial charge in [0, 0.05) is 18.5 Å². The van der Waals surface area contributed by atoms with Crippen LogP contribution >= 0.6 is 0 Å². The van der Waals surface area contributed by atoms with Crippen molar-refractivity contribution in [2.24, 2.45) is 5.73 Å². The number of carboxylic acid groups (broad SMARTS) is 1. The first-order valence-corrected chi connectivity index (χ1v) is 14.1. The maximum atomic E-state index is 12.5. The van der Waals surface area contributed by atoms with Crippen LogP contribution in [0.4, 0.5) is 10.5 Å². The van der Waals surface area contributed by atoms with Gasteiger partial charge < -0.3 is 20.9 Å². The number of anilines is 1. The maximum absolute atomic E-state index is 12.5. The third-order valence-corrected chi connectivity index (χ3v) is 6.98. The van der Waals surface area contributed by atoms with E-state index in [1.807, 2.05) is 6.92 Å². The first-order chi connectivity index (χ1) is 18.9. The fourth-order valence-electron chi connectivity index (χ4n) is 3.42. The number of nitrogens with zero attached hydrogens (tertiary/aromatic N) is 1. The fourth-order valence-corrected chi connectivity index (χ4v) is 4.83. The maximum Gasteiger partial charge on any atom is 0.423 e. The number of nitrogens with one attached hydrogen (secondary N) is 3. The minimum absolute atomic E-state index is 0.106. The quantitative estimate of drug-likeness (QED) is 0.165. The molecule has 3 amide bonds. The third-order valence-electron chi connectivity index (χ3n) is 5.51. The highest BCUT2D eigenvalue weighted by molar-refractivity contribution is 7.89. The molecular weight excluding hydrogens is 542 g/mol. The molecule has 0 unspecified atom stereocenters. The van der Waals surface area contributed by atoms with Crippen molar-refractivity contribution in [3.05, 3.63) is 65.7 Å². The molecular formula is C26H33N5O8S. The average molecular weight is 576 g/mol. The van der Waals surface area contributed by atoms with E-state index in [2.05, 4.69) is 10.0 Å². The summed E-state index contributed by atoms with van der Waals surface area (Å²) < 4.78 is 31.4. The van der Waals surface area contributed by atoms with Crippen molar-refractivity contribution in [1.29, 1.82) is 5.41 Å². The Morgan fingerprint density at radius 2 is 1.68 bits per heavy atom. The molecule has 0 aromatic heterocycles. The highest BCUT2D eigenvalue weighted by Crippen LogP contribution is 2.13. The number of nitrogens with two attached hydrogens (primary N) is 1. The molecule has 0 radical (unpaired) electrons. The number of carboxylic acids is 1. The van der Waals surface area contributed by atoms with Gasteiger partial charge in [-0.25, -0.2) is 17.9 Å². The van der Waals surface area contributed by atoms with Crippen LogP contribution in [0.3, 0.4) is 0 Å². The molecule has 2 rings (SSSR count). The molecule has 6 N–H and O–H groups in total. The summed E-state index contributed by atoms with van der Waals surface area (Å²) in [6.07, 6.45) is -0.933. The van der Waals surface area contributed by atoms with E-state index in [1.54, 1.807) is 30.3 Å². The number of carbonyl (C=O) groups is 4. The van der Waals surface area contributed by atoms with Crippen LogP contribution < -0.4 is 15.8 Å². The largest absolute Gasteiger partial charge is 0.480 e. The number of ether oxygens (including phenoxy) is 1. The lowest BCUT2D eigenvalue weighted by molar-refractivity contribution is -0.139. The molecule has 40 heavy (non-hydrogen) atoms. The first-order valence-electron chi connectivity index (χ1n) is 12.4. The van der Waals surface area contributed by atoms with Gasteiger partial charge in [0.15, 0.2) is 0 Å². The number of unbranched alkanes of at least 4 members (excludes halogenated alkanes) is 1. The molecule has 0 aliphatic heterocycles. The van der Waals surface area contributed by atoms with E-state index >= 15 is 0 Å². The van der Waals surface area contributed by atoms with Gasteiger partial charge in [0.25, 0.3) is 0 Å². The van der Waals surface area contributed by atoms with Crippen LogP contribution in [0.25, 0.3) is 0 Å². The van der Waals surface area contributed by atoms with Gasteiger partial charge in [-0.05, 0) is 36.1 Å². The Bertz CT molecular complexity index is 1300. The van der Waals surface area contributed by atoms with E-state index in [1.165, 1.54) is 24.3 Å². The zero-order valence-electron chi connectivity index (χ0n) is 22.0. The molecule has 0 bridgehead atoms. The van der Waals surface area contributed by atoms with E-state index < -0.39 is 52.3 Å². The molecule has 0 aliphatic rings. The Kier molecular flexibility index (Phi) is 12.2. The number of hydrogen-bond donors (Lipinski definition) is 5. The summed E-state index contributed by atoms with van der Waals surface area (Å²) in [4.78, 5) is 49.0. The Hall–Kier alpha value is -4.30. The van der Waals surface area contributed by atoms with Crippen molar-refractivity contribution in [2.75, 3.05) is 11.1 Å². The van der Waals surface area contributed by atoms with E-state index in [9.17, 15) is 32.7 Å². The average Bonchev–Trinajstić information content (AvgIpc) is 2.90. The van der Waals surface area contributed by atoms with Gasteiger partial charge in [-0.1, -0.05) is 55.8 Å². The second-order valence-electron chi connectivity index (χ2n) is 8.78. The number of aliphatic carboxylic acids is 1. The van der Waals surface area contributed by atoms with Crippen molar-refractivity contribution >= 4 is 45.5 Å². The zero-order valence-corrected chi connectivity index (χ0v) is 22.8. The Labute approximate surface area is 232 Å². The lowest BCUT2D eigenvalue weighted by Gasteiger charge is -2.18. The molecule has 0 heterocycles. The normalized spacial score (nSPS) is 11.7. The lowest BCUT2D eigenvalue weighted by Crippen LogP contribution is -2.45. The molecule has 0 fully saturated rings. The van der Waals surface area contributed by atoms with Gasteiger partial charge >= 0.3 is 12.1 Å². The molecule has 0 aliphatic carbocycles. The van der Waals surface area contributed by atoms with Gasteiger partial charge in [0.05, 0.1) is 5.75 Å². The minimum atomic E-state index is -3.75. The highest BCUT2D eigenvalue weighted by Gasteiger charge is 2.27. The molecule has 2 aromatic rings. The molecule has 0 saturated heterocycles. The Morgan fingerprint density at radius 1 is 1.02 bits per heavy atom. The number of rotatable bonds is 14. The Balaban J connectivity index is 1.89. The molecule has 14 heteroatoms. The Morgan fingerprint density at radius 3 is 2.25 bits per heavy atom. The molecule has 216 valence electrons. The van der Waals surface area contributed by atoms with Crippen LogP contribution in [0.5, 0.6) is 0 Å². The van der Waals surface area contributed by atoms with E-state index in [0.29, 0.717) is 34.6 Å². The smallest absolute Gasteiger partial charge is 0.423 e. The number of sulfonamides is 1. The summed E-state index contributed by atoms with van der Waals surface area (Å²) in [5.41, 5.74) is 6.91. The molecule has 0 spiro atoms. The van der Waals surface area contributed by atoms with Gasteiger partial charge in [0.2, 0.25) is 27.8 Å². The topological polar surface area (TPSA) is 209 Å². The van der Waals surface area contributed by atoms with Crippen LogP contribution in [-0.2, 0) is 42.2 Å². The van der Waals surface area contributed by atoms with Crippen LogP contribution in [-0.4, -0.2) is 60.1 Å². The monoisotopic (exact) mass is 575 g/mol. The van der Waals surface area contributed by atoms with Crippen molar-refractivity contribution in [3.63, 3.8) is 0 Å². The van der Waals surface area contributed by atoms with Gasteiger partial charge in [-0.15, -0.1) is 0 Å².